The van der Waals surface area contributed by atoms with Crippen LogP contribution < -0.4 is 16.8 Å². The molecule has 0 saturated heterocycles. The minimum Gasteiger partial charge on any atom is -0.383 e. The molecule has 0 saturated carbocycles. The maximum absolute atomic E-state index is 5.69. The number of aromatic nitrogens is 2. The van der Waals surface area contributed by atoms with Crippen molar-refractivity contribution in [3.63, 3.8) is 0 Å². The van der Waals surface area contributed by atoms with Crippen LogP contribution in [0.25, 0.3) is 0 Å². The second kappa shape index (κ2) is 6.92. The minimum atomic E-state index is 0.380. The van der Waals surface area contributed by atoms with E-state index < -0.39 is 0 Å². The van der Waals surface area contributed by atoms with Gasteiger partial charge >= 0.3 is 0 Å². The van der Waals surface area contributed by atoms with Gasteiger partial charge in [0.05, 0.1) is 0 Å². The van der Waals surface area contributed by atoms with E-state index in [1.54, 1.807) is 6.07 Å². The van der Waals surface area contributed by atoms with Crippen LogP contribution >= 0.6 is 27.7 Å². The van der Waals surface area contributed by atoms with Gasteiger partial charge in [-0.1, -0.05) is 22.9 Å². The molecule has 0 aliphatic rings. The number of nitrogens with one attached hydrogen (secondary N) is 1. The molecule has 20 heavy (non-hydrogen) atoms. The largest absolute Gasteiger partial charge is 0.383 e. The van der Waals surface area contributed by atoms with Gasteiger partial charge in [0, 0.05) is 22.0 Å². The van der Waals surface area contributed by atoms with Crippen molar-refractivity contribution < 1.29 is 0 Å². The maximum atomic E-state index is 5.69. The summed E-state index contributed by atoms with van der Waals surface area (Å²) in [6, 6.07) is 7.66. The first kappa shape index (κ1) is 15.1. The molecule has 0 atom stereocenters. The fraction of sp³-hybridized carbons (Fsp3) is 0.231. The van der Waals surface area contributed by atoms with Gasteiger partial charge in [-0.05, 0) is 42.1 Å². The quantitative estimate of drug-likeness (QED) is 0.716. The van der Waals surface area contributed by atoms with Gasteiger partial charge < -0.3 is 16.8 Å². The molecule has 5 N–H and O–H groups in total. The average Bonchev–Trinajstić information content (AvgIpc) is 2.38. The highest BCUT2D eigenvalue weighted by atomic mass is 79.9. The highest BCUT2D eigenvalue weighted by Crippen LogP contribution is 2.31. The highest BCUT2D eigenvalue weighted by Gasteiger charge is 2.08. The van der Waals surface area contributed by atoms with E-state index in [0.717, 1.165) is 22.5 Å². The summed E-state index contributed by atoms with van der Waals surface area (Å²) in [6.45, 7) is 3.78. The predicted octanol–water partition coefficient (Wildman–Crippen LogP) is 2.66. The van der Waals surface area contributed by atoms with E-state index in [0.29, 0.717) is 16.8 Å². The second-order valence-corrected chi connectivity index (χ2v) is 6.06. The van der Waals surface area contributed by atoms with E-state index in [-0.39, 0.29) is 0 Å². The molecule has 0 aliphatic carbocycles. The minimum absolute atomic E-state index is 0.380. The van der Waals surface area contributed by atoms with Gasteiger partial charge in [-0.3, -0.25) is 0 Å². The summed E-state index contributed by atoms with van der Waals surface area (Å²) in [4.78, 5) is 9.46. The van der Waals surface area contributed by atoms with Crippen molar-refractivity contribution in [3.05, 3.63) is 34.3 Å². The van der Waals surface area contributed by atoms with Gasteiger partial charge in [0.15, 0.2) is 5.16 Å². The van der Waals surface area contributed by atoms with E-state index in [1.165, 1.54) is 17.3 Å². The summed E-state index contributed by atoms with van der Waals surface area (Å²) in [5.41, 5.74) is 12.6. The zero-order valence-corrected chi connectivity index (χ0v) is 13.5. The van der Waals surface area contributed by atoms with Crippen LogP contribution in [0.2, 0.25) is 0 Å². The molecule has 2 aromatic rings. The van der Waals surface area contributed by atoms with E-state index in [4.69, 9.17) is 11.5 Å². The van der Waals surface area contributed by atoms with E-state index in [9.17, 15) is 0 Å². The van der Waals surface area contributed by atoms with Gasteiger partial charge in [-0.25, -0.2) is 9.97 Å². The number of hydrogen-bond acceptors (Lipinski definition) is 6. The summed E-state index contributed by atoms with van der Waals surface area (Å²) in [7, 11) is 0. The van der Waals surface area contributed by atoms with Gasteiger partial charge in [-0.15, -0.1) is 0 Å². The number of benzene rings is 1. The Balaban J connectivity index is 2.27. The summed E-state index contributed by atoms with van der Waals surface area (Å²) in [5, 5.41) is 3.87. The summed E-state index contributed by atoms with van der Waals surface area (Å²) in [6.07, 6.45) is 0. The highest BCUT2D eigenvalue weighted by molar-refractivity contribution is 9.10. The number of rotatable bonds is 5. The molecular formula is C13H16BrN5S. The summed E-state index contributed by atoms with van der Waals surface area (Å²) >= 11 is 4.95. The number of halogens is 1. The normalized spacial score (nSPS) is 10.7. The Morgan fingerprint density at radius 3 is 2.55 bits per heavy atom. The molecule has 106 valence electrons. The third-order valence-corrected chi connectivity index (χ3v) is 4.01. The lowest BCUT2D eigenvalue weighted by molar-refractivity contribution is 0.717. The first-order chi connectivity index (χ1) is 9.58. The van der Waals surface area contributed by atoms with Gasteiger partial charge in [-0.2, -0.15) is 0 Å². The first-order valence-corrected chi connectivity index (χ1v) is 7.76. The number of nitrogens with two attached hydrogens (primary N) is 2. The molecule has 1 aromatic carbocycles. The Hall–Kier alpha value is -1.31. The SMILES string of the molecule is CCNCc1cc(Br)ccc1Sc1nc(N)cc(N)n1. The molecule has 5 nitrogen and oxygen atoms in total. The standard InChI is InChI=1S/C13H16BrN5S/c1-2-17-7-8-5-9(14)3-4-10(8)20-13-18-11(15)6-12(16)19-13/h3-6,17H,2,7H2,1H3,(H4,15,16,18,19). The van der Waals surface area contributed by atoms with Gasteiger partial charge in [0.2, 0.25) is 0 Å². The second-order valence-electron chi connectivity index (χ2n) is 4.13. The van der Waals surface area contributed by atoms with Crippen molar-refractivity contribution in [1.82, 2.24) is 15.3 Å². The topological polar surface area (TPSA) is 89.8 Å². The van der Waals surface area contributed by atoms with Crippen LogP contribution in [0.15, 0.2) is 38.8 Å². The van der Waals surface area contributed by atoms with Crippen LogP contribution in [0.1, 0.15) is 12.5 Å². The molecular weight excluding hydrogens is 338 g/mol. The number of nitrogen functional groups attached to an aromatic ring is 2. The number of hydrogen-bond donors (Lipinski definition) is 3. The summed E-state index contributed by atoms with van der Waals surface area (Å²) < 4.78 is 1.04. The fourth-order valence-corrected chi connectivity index (χ4v) is 2.96. The molecule has 0 spiro atoms. The zero-order valence-electron chi connectivity index (χ0n) is 11.1. The monoisotopic (exact) mass is 353 g/mol. The summed E-state index contributed by atoms with van der Waals surface area (Å²) in [5.74, 6) is 0.760. The van der Waals surface area contributed by atoms with Crippen LogP contribution in [0.5, 0.6) is 0 Å². The lowest BCUT2D eigenvalue weighted by atomic mass is 10.2. The van der Waals surface area contributed by atoms with Gasteiger partial charge in [0.25, 0.3) is 0 Å². The lowest BCUT2D eigenvalue weighted by Crippen LogP contribution is -2.12. The molecule has 0 fully saturated rings. The van der Waals surface area contributed by atoms with Crippen molar-refractivity contribution in [2.45, 2.75) is 23.5 Å². The molecule has 0 bridgehead atoms. The first-order valence-electron chi connectivity index (χ1n) is 6.15. The Morgan fingerprint density at radius 2 is 1.90 bits per heavy atom. The van der Waals surface area contributed by atoms with E-state index in [1.807, 2.05) is 12.1 Å². The van der Waals surface area contributed by atoms with E-state index in [2.05, 4.69) is 44.2 Å². The predicted molar refractivity (Wildman–Crippen MR) is 86.5 cm³/mol. The molecule has 0 aliphatic heterocycles. The van der Waals surface area contributed by atoms with Crippen LogP contribution in [-0.4, -0.2) is 16.5 Å². The molecule has 2 rings (SSSR count). The third-order valence-electron chi connectivity index (χ3n) is 2.53. The van der Waals surface area contributed by atoms with Crippen LogP contribution in [0, 0.1) is 0 Å². The van der Waals surface area contributed by atoms with Gasteiger partial charge in [0.1, 0.15) is 11.6 Å². The Morgan fingerprint density at radius 1 is 1.20 bits per heavy atom. The van der Waals surface area contributed by atoms with Crippen molar-refractivity contribution >= 4 is 39.3 Å². The smallest absolute Gasteiger partial charge is 0.196 e. The fourth-order valence-electron chi connectivity index (χ4n) is 1.65. The van der Waals surface area contributed by atoms with E-state index >= 15 is 0 Å². The van der Waals surface area contributed by atoms with Crippen molar-refractivity contribution in [1.29, 1.82) is 0 Å². The number of anilines is 2. The molecule has 0 amide bonds. The van der Waals surface area contributed by atoms with Crippen LogP contribution in [0.4, 0.5) is 11.6 Å². The Bertz CT molecular complexity index is 585. The average molecular weight is 354 g/mol. The third kappa shape index (κ3) is 4.09. The van der Waals surface area contributed by atoms with Crippen molar-refractivity contribution in [2.75, 3.05) is 18.0 Å². The maximum Gasteiger partial charge on any atom is 0.196 e. The molecule has 0 radical (unpaired) electrons. The molecule has 7 heteroatoms. The van der Waals surface area contributed by atoms with Crippen LogP contribution in [0.3, 0.4) is 0 Å². The number of nitrogens with zero attached hydrogens (tertiary/aromatic N) is 2. The molecule has 1 aromatic heterocycles. The molecule has 1 heterocycles. The zero-order chi connectivity index (χ0) is 14.5. The van der Waals surface area contributed by atoms with Crippen LogP contribution in [-0.2, 0) is 6.54 Å². The van der Waals surface area contributed by atoms with Crippen molar-refractivity contribution in [3.8, 4) is 0 Å². The Labute approximate surface area is 130 Å². The molecule has 0 unspecified atom stereocenters. The Kier molecular flexibility index (Phi) is 5.22. The van der Waals surface area contributed by atoms with Crippen molar-refractivity contribution in [2.24, 2.45) is 0 Å². The lowest BCUT2D eigenvalue weighted by Gasteiger charge is -2.10.